The molecule has 2 aliphatic carbocycles. The number of carbonyl (C=O) groups is 1. The lowest BCUT2D eigenvalue weighted by atomic mass is 9.84. The van der Waals surface area contributed by atoms with E-state index in [2.05, 4.69) is 12.2 Å². The zero-order valence-electron chi connectivity index (χ0n) is 17.9. The molecule has 0 aromatic carbocycles. The molecular formula is C22H31N3O2S2. The molecule has 2 aromatic rings. The highest BCUT2D eigenvalue weighted by Gasteiger charge is 2.42. The summed E-state index contributed by atoms with van der Waals surface area (Å²) >= 11 is 2.93. The Hall–Kier alpha value is -1.34. The Bertz CT molecular complexity index is 994. The second kappa shape index (κ2) is 8.06. The monoisotopic (exact) mass is 433 g/mol. The number of nitrogens with zero attached hydrogens (tertiary/aromatic N) is 2. The number of hydrogen-bond donors (Lipinski definition) is 1. The highest BCUT2D eigenvalue weighted by atomic mass is 32.2. The summed E-state index contributed by atoms with van der Waals surface area (Å²) in [4.78, 5) is 32.4. The van der Waals surface area contributed by atoms with Crippen molar-refractivity contribution in [1.29, 1.82) is 0 Å². The number of thiophene rings is 1. The Kier molecular flexibility index (Phi) is 5.81. The third-order valence-electron chi connectivity index (χ3n) is 6.88. The van der Waals surface area contributed by atoms with Crippen LogP contribution in [0.15, 0.2) is 9.95 Å². The Balaban J connectivity index is 1.48. The average molecular weight is 434 g/mol. The number of nitrogens with one attached hydrogen (secondary N) is 1. The average Bonchev–Trinajstić information content (AvgIpc) is 3.35. The summed E-state index contributed by atoms with van der Waals surface area (Å²) in [5, 5.41) is 4.58. The molecule has 29 heavy (non-hydrogen) atoms. The number of rotatable bonds is 6. The van der Waals surface area contributed by atoms with Crippen molar-refractivity contribution in [3.05, 3.63) is 20.8 Å². The largest absolute Gasteiger partial charge is 0.353 e. The van der Waals surface area contributed by atoms with Crippen LogP contribution in [-0.4, -0.2) is 27.3 Å². The lowest BCUT2D eigenvalue weighted by Crippen LogP contribution is -2.41. The minimum absolute atomic E-state index is 0.00229. The van der Waals surface area contributed by atoms with Gasteiger partial charge in [-0.15, -0.1) is 11.3 Å². The van der Waals surface area contributed by atoms with E-state index in [0.29, 0.717) is 16.8 Å². The van der Waals surface area contributed by atoms with Gasteiger partial charge in [0.2, 0.25) is 5.91 Å². The molecule has 0 spiro atoms. The first-order valence-corrected chi connectivity index (χ1v) is 12.5. The Labute approximate surface area is 180 Å². The summed E-state index contributed by atoms with van der Waals surface area (Å²) < 4.78 is 1.73. The third-order valence-corrected chi connectivity index (χ3v) is 8.93. The fraction of sp³-hybridized carbons (Fsp3) is 0.682. The second-order valence-corrected chi connectivity index (χ2v) is 11.3. The minimum Gasteiger partial charge on any atom is -0.353 e. The molecular weight excluding hydrogens is 402 g/mol. The Morgan fingerprint density at radius 3 is 2.66 bits per heavy atom. The molecule has 4 unspecified atom stereocenters. The standard InChI is InChI=1S/C22H31N3O2S2/c1-11(2)25-21(27)19-12(3)14(5)29-20(19)24-22(25)28-10-18(26)23-13(4)17-9-15-6-7-16(17)8-15/h11,13,15-17H,6-10H2,1-5H3,(H,23,26). The van der Waals surface area contributed by atoms with E-state index in [1.54, 1.807) is 15.9 Å². The second-order valence-electron chi connectivity index (χ2n) is 9.11. The van der Waals surface area contributed by atoms with Crippen LogP contribution in [0.5, 0.6) is 0 Å². The predicted molar refractivity (Wildman–Crippen MR) is 121 cm³/mol. The molecule has 2 fully saturated rings. The Morgan fingerprint density at radius 2 is 2.03 bits per heavy atom. The summed E-state index contributed by atoms with van der Waals surface area (Å²) in [7, 11) is 0. The van der Waals surface area contributed by atoms with Crippen LogP contribution in [0.1, 0.15) is 62.9 Å². The van der Waals surface area contributed by atoms with E-state index >= 15 is 0 Å². The fourth-order valence-corrected chi connectivity index (χ4v) is 7.29. The summed E-state index contributed by atoms with van der Waals surface area (Å²) in [6, 6.07) is 0.223. The molecule has 2 aliphatic rings. The van der Waals surface area contributed by atoms with Crippen LogP contribution in [0.3, 0.4) is 0 Å². The first-order chi connectivity index (χ1) is 13.8. The maximum absolute atomic E-state index is 13.1. The number of thioether (sulfide) groups is 1. The number of carbonyl (C=O) groups excluding carboxylic acids is 1. The van der Waals surface area contributed by atoms with Gasteiger partial charge in [-0.2, -0.15) is 0 Å². The quantitative estimate of drug-likeness (QED) is 0.530. The van der Waals surface area contributed by atoms with Gasteiger partial charge in [-0.1, -0.05) is 18.2 Å². The highest BCUT2D eigenvalue weighted by molar-refractivity contribution is 7.99. The van der Waals surface area contributed by atoms with Crippen molar-refractivity contribution in [2.45, 2.75) is 77.5 Å². The summed E-state index contributed by atoms with van der Waals surface area (Å²) in [6.07, 6.45) is 5.32. The van der Waals surface area contributed by atoms with E-state index in [1.165, 1.54) is 37.4 Å². The van der Waals surface area contributed by atoms with E-state index in [1.807, 2.05) is 27.7 Å². The highest BCUT2D eigenvalue weighted by Crippen LogP contribution is 2.49. The van der Waals surface area contributed by atoms with Crippen molar-refractivity contribution in [2.75, 3.05) is 5.75 Å². The molecule has 1 N–H and O–H groups in total. The fourth-order valence-electron chi connectivity index (χ4n) is 5.28. The molecule has 1 amide bonds. The van der Waals surface area contributed by atoms with Crippen LogP contribution in [0.4, 0.5) is 0 Å². The van der Waals surface area contributed by atoms with Gasteiger partial charge in [-0.25, -0.2) is 4.98 Å². The number of hydrogen-bond acceptors (Lipinski definition) is 5. The molecule has 0 radical (unpaired) electrons. The topological polar surface area (TPSA) is 64.0 Å². The van der Waals surface area contributed by atoms with E-state index in [9.17, 15) is 9.59 Å². The maximum atomic E-state index is 13.1. The van der Waals surface area contributed by atoms with Crippen LogP contribution in [0.2, 0.25) is 0 Å². The maximum Gasteiger partial charge on any atom is 0.263 e. The number of aromatic nitrogens is 2. The van der Waals surface area contributed by atoms with Crippen LogP contribution in [0.25, 0.3) is 10.2 Å². The van der Waals surface area contributed by atoms with Gasteiger partial charge in [0.25, 0.3) is 5.56 Å². The van der Waals surface area contributed by atoms with Crippen molar-refractivity contribution in [3.63, 3.8) is 0 Å². The van der Waals surface area contributed by atoms with Crippen molar-refractivity contribution in [2.24, 2.45) is 17.8 Å². The lowest BCUT2D eigenvalue weighted by Gasteiger charge is -2.28. The number of aryl methyl sites for hydroxylation is 2. The zero-order chi connectivity index (χ0) is 20.9. The molecule has 0 aliphatic heterocycles. The van der Waals surface area contributed by atoms with Gasteiger partial charge in [0.1, 0.15) is 4.83 Å². The molecule has 2 bridgehead atoms. The predicted octanol–water partition coefficient (Wildman–Crippen LogP) is 4.69. The van der Waals surface area contributed by atoms with Gasteiger partial charge in [0.15, 0.2) is 5.16 Å². The lowest BCUT2D eigenvalue weighted by molar-refractivity contribution is -0.119. The molecule has 7 heteroatoms. The van der Waals surface area contributed by atoms with E-state index in [0.717, 1.165) is 32.5 Å². The van der Waals surface area contributed by atoms with Crippen LogP contribution >= 0.6 is 23.1 Å². The summed E-state index contributed by atoms with van der Waals surface area (Å²) in [6.45, 7) is 10.1. The molecule has 4 rings (SSSR count). The zero-order valence-corrected chi connectivity index (χ0v) is 19.6. The van der Waals surface area contributed by atoms with Crippen LogP contribution < -0.4 is 10.9 Å². The number of fused-ring (bicyclic) bond motifs is 3. The number of amides is 1. The van der Waals surface area contributed by atoms with Gasteiger partial charge >= 0.3 is 0 Å². The normalized spacial score (nSPS) is 24.6. The summed E-state index contributed by atoms with van der Waals surface area (Å²) in [5.74, 6) is 2.63. The van der Waals surface area contributed by atoms with Gasteiger partial charge in [0.05, 0.1) is 11.1 Å². The van der Waals surface area contributed by atoms with Crippen LogP contribution in [-0.2, 0) is 4.79 Å². The first kappa shape index (κ1) is 20.9. The van der Waals surface area contributed by atoms with E-state index in [-0.39, 0.29) is 23.6 Å². The molecule has 2 aromatic heterocycles. The Morgan fingerprint density at radius 1 is 1.28 bits per heavy atom. The molecule has 158 valence electrons. The van der Waals surface area contributed by atoms with Gasteiger partial charge in [0, 0.05) is 17.0 Å². The van der Waals surface area contributed by atoms with Gasteiger partial charge in [-0.3, -0.25) is 14.2 Å². The van der Waals surface area contributed by atoms with Crippen molar-refractivity contribution in [3.8, 4) is 0 Å². The molecule has 2 heterocycles. The van der Waals surface area contributed by atoms with Crippen molar-refractivity contribution < 1.29 is 4.79 Å². The summed E-state index contributed by atoms with van der Waals surface area (Å²) in [5.41, 5.74) is 1.02. The molecule has 5 nitrogen and oxygen atoms in total. The molecule has 4 atom stereocenters. The third kappa shape index (κ3) is 3.88. The minimum atomic E-state index is -0.00229. The molecule has 2 saturated carbocycles. The van der Waals surface area contributed by atoms with Crippen molar-refractivity contribution >= 4 is 39.2 Å². The van der Waals surface area contributed by atoms with E-state index < -0.39 is 0 Å². The van der Waals surface area contributed by atoms with Gasteiger partial charge in [-0.05, 0) is 77.2 Å². The molecule has 0 saturated heterocycles. The van der Waals surface area contributed by atoms with Crippen molar-refractivity contribution in [1.82, 2.24) is 14.9 Å². The van der Waals surface area contributed by atoms with Crippen LogP contribution in [0, 0.1) is 31.6 Å². The smallest absolute Gasteiger partial charge is 0.263 e. The van der Waals surface area contributed by atoms with E-state index in [4.69, 9.17) is 4.98 Å². The first-order valence-electron chi connectivity index (χ1n) is 10.7. The van der Waals surface area contributed by atoms with Gasteiger partial charge < -0.3 is 5.32 Å². The SMILES string of the molecule is Cc1sc2nc(SCC(=O)NC(C)C3CC4CCC3C4)n(C(C)C)c(=O)c2c1C.